The van der Waals surface area contributed by atoms with Crippen molar-refractivity contribution in [3.63, 3.8) is 0 Å². The van der Waals surface area contributed by atoms with Gasteiger partial charge in [-0.2, -0.15) is 0 Å². The molecule has 0 aromatic heterocycles. The molecule has 16 heavy (non-hydrogen) atoms. The fourth-order valence-corrected chi connectivity index (χ4v) is 2.01. The van der Waals surface area contributed by atoms with Crippen molar-refractivity contribution in [3.05, 3.63) is 35.1 Å². The average molecular weight is 222 g/mol. The van der Waals surface area contributed by atoms with Crippen LogP contribution in [0.15, 0.2) is 18.2 Å². The molecule has 2 heteroatoms. The first kappa shape index (κ1) is 12.9. The summed E-state index contributed by atoms with van der Waals surface area (Å²) in [5, 5.41) is 0. The standard InChI is InChI=1S/C14H19FO/c1-5-13(16)14(9(2)3)11-7-6-10(4)8-12(11)15/h6-9,14H,5H2,1-4H3. The molecule has 0 bridgehead atoms. The molecule has 0 saturated heterocycles. The summed E-state index contributed by atoms with van der Waals surface area (Å²) in [7, 11) is 0. The normalized spacial score (nSPS) is 12.9. The van der Waals surface area contributed by atoms with Gasteiger partial charge in [0.15, 0.2) is 0 Å². The van der Waals surface area contributed by atoms with E-state index in [1.807, 2.05) is 33.8 Å². The first-order valence-corrected chi connectivity index (χ1v) is 5.76. The van der Waals surface area contributed by atoms with Crippen LogP contribution in [0.2, 0.25) is 0 Å². The quantitative estimate of drug-likeness (QED) is 0.756. The topological polar surface area (TPSA) is 17.1 Å². The van der Waals surface area contributed by atoms with E-state index in [4.69, 9.17) is 0 Å². The first-order chi connectivity index (χ1) is 7.47. The van der Waals surface area contributed by atoms with Crippen LogP contribution in [-0.4, -0.2) is 5.78 Å². The number of rotatable bonds is 4. The lowest BCUT2D eigenvalue weighted by Gasteiger charge is -2.20. The minimum absolute atomic E-state index is 0.109. The second-order valence-electron chi connectivity index (χ2n) is 4.57. The Kier molecular flexibility index (Phi) is 4.22. The highest BCUT2D eigenvalue weighted by atomic mass is 19.1. The van der Waals surface area contributed by atoms with E-state index in [1.54, 1.807) is 6.07 Å². The molecule has 0 aliphatic rings. The van der Waals surface area contributed by atoms with E-state index in [0.717, 1.165) is 5.56 Å². The second-order valence-corrected chi connectivity index (χ2v) is 4.57. The number of hydrogen-bond donors (Lipinski definition) is 0. The molecule has 0 N–H and O–H groups in total. The minimum atomic E-state index is -0.314. The Hall–Kier alpha value is -1.18. The number of Topliss-reactive ketones (excluding diaryl/α,β-unsaturated/α-hetero) is 1. The lowest BCUT2D eigenvalue weighted by molar-refractivity contribution is -0.121. The number of carbonyl (C=O) groups is 1. The number of carbonyl (C=O) groups excluding carboxylic acids is 1. The van der Waals surface area contributed by atoms with Crippen molar-refractivity contribution in [2.45, 2.75) is 40.0 Å². The minimum Gasteiger partial charge on any atom is -0.299 e. The molecule has 0 heterocycles. The molecular weight excluding hydrogens is 203 g/mol. The number of benzene rings is 1. The van der Waals surface area contributed by atoms with Crippen molar-refractivity contribution in [1.82, 2.24) is 0 Å². The van der Waals surface area contributed by atoms with Gasteiger partial charge in [-0.25, -0.2) is 4.39 Å². The molecule has 1 atom stereocenters. The third kappa shape index (κ3) is 2.69. The van der Waals surface area contributed by atoms with E-state index < -0.39 is 0 Å². The van der Waals surface area contributed by atoms with Gasteiger partial charge in [-0.3, -0.25) is 4.79 Å². The molecule has 0 spiro atoms. The van der Waals surface area contributed by atoms with Crippen LogP contribution >= 0.6 is 0 Å². The number of ketones is 1. The molecular formula is C14H19FO. The summed E-state index contributed by atoms with van der Waals surface area (Å²) in [5.74, 6) is -0.339. The lowest BCUT2D eigenvalue weighted by atomic mass is 9.83. The molecule has 1 unspecified atom stereocenters. The largest absolute Gasteiger partial charge is 0.299 e. The summed E-state index contributed by atoms with van der Waals surface area (Å²) in [5.41, 5.74) is 1.42. The van der Waals surface area contributed by atoms with E-state index in [1.165, 1.54) is 6.07 Å². The van der Waals surface area contributed by atoms with Gasteiger partial charge in [0.05, 0.1) is 0 Å². The monoisotopic (exact) mass is 222 g/mol. The highest BCUT2D eigenvalue weighted by Gasteiger charge is 2.25. The predicted molar refractivity (Wildman–Crippen MR) is 64.0 cm³/mol. The summed E-state index contributed by atoms with van der Waals surface area (Å²) >= 11 is 0. The van der Waals surface area contributed by atoms with Crippen molar-refractivity contribution < 1.29 is 9.18 Å². The van der Waals surface area contributed by atoms with E-state index in [2.05, 4.69) is 0 Å². The Morgan fingerprint density at radius 1 is 1.38 bits per heavy atom. The molecule has 88 valence electrons. The van der Waals surface area contributed by atoms with Gasteiger partial charge in [0.2, 0.25) is 0 Å². The molecule has 0 aliphatic heterocycles. The fourth-order valence-electron chi connectivity index (χ4n) is 2.01. The Balaban J connectivity index is 3.16. The second kappa shape index (κ2) is 5.24. The third-order valence-corrected chi connectivity index (χ3v) is 2.85. The maximum Gasteiger partial charge on any atom is 0.140 e. The molecule has 1 aromatic carbocycles. The molecule has 0 saturated carbocycles. The fraction of sp³-hybridized carbons (Fsp3) is 0.500. The van der Waals surface area contributed by atoms with Crippen molar-refractivity contribution >= 4 is 5.78 Å². The van der Waals surface area contributed by atoms with Crippen LogP contribution in [0.4, 0.5) is 4.39 Å². The van der Waals surface area contributed by atoms with Crippen molar-refractivity contribution in [1.29, 1.82) is 0 Å². The Morgan fingerprint density at radius 3 is 2.44 bits per heavy atom. The van der Waals surface area contributed by atoms with E-state index in [0.29, 0.717) is 12.0 Å². The summed E-state index contributed by atoms with van der Waals surface area (Å²) in [6.07, 6.45) is 0.455. The van der Waals surface area contributed by atoms with E-state index in [-0.39, 0.29) is 23.4 Å². The predicted octanol–water partition coefficient (Wildman–Crippen LogP) is 3.85. The van der Waals surface area contributed by atoms with Crippen molar-refractivity contribution in [2.75, 3.05) is 0 Å². The first-order valence-electron chi connectivity index (χ1n) is 5.76. The smallest absolute Gasteiger partial charge is 0.140 e. The zero-order valence-electron chi connectivity index (χ0n) is 10.4. The van der Waals surface area contributed by atoms with E-state index >= 15 is 0 Å². The van der Waals surface area contributed by atoms with Crippen LogP contribution in [0.5, 0.6) is 0 Å². The van der Waals surface area contributed by atoms with Crippen LogP contribution in [-0.2, 0) is 4.79 Å². The molecule has 1 nitrogen and oxygen atoms in total. The molecule has 0 fully saturated rings. The van der Waals surface area contributed by atoms with Gasteiger partial charge in [-0.15, -0.1) is 0 Å². The van der Waals surface area contributed by atoms with Gasteiger partial charge in [-0.1, -0.05) is 32.9 Å². The zero-order valence-corrected chi connectivity index (χ0v) is 10.4. The Bertz CT molecular complexity index is 382. The van der Waals surface area contributed by atoms with Crippen LogP contribution < -0.4 is 0 Å². The highest BCUT2D eigenvalue weighted by molar-refractivity contribution is 5.85. The van der Waals surface area contributed by atoms with E-state index in [9.17, 15) is 9.18 Å². The van der Waals surface area contributed by atoms with Gasteiger partial charge >= 0.3 is 0 Å². The number of aryl methyl sites for hydroxylation is 1. The molecule has 0 amide bonds. The molecule has 1 aromatic rings. The highest BCUT2D eigenvalue weighted by Crippen LogP contribution is 2.29. The average Bonchev–Trinajstić information content (AvgIpc) is 2.21. The van der Waals surface area contributed by atoms with Crippen LogP contribution in [0, 0.1) is 18.7 Å². The summed E-state index contributed by atoms with van der Waals surface area (Å²) in [6.45, 7) is 7.58. The van der Waals surface area contributed by atoms with Gasteiger partial charge < -0.3 is 0 Å². The van der Waals surface area contributed by atoms with Crippen molar-refractivity contribution in [3.8, 4) is 0 Å². The zero-order chi connectivity index (χ0) is 12.3. The summed E-state index contributed by atoms with van der Waals surface area (Å²) < 4.78 is 13.8. The maximum absolute atomic E-state index is 13.8. The summed E-state index contributed by atoms with van der Waals surface area (Å²) in [6, 6.07) is 5.09. The molecule has 1 rings (SSSR count). The lowest BCUT2D eigenvalue weighted by Crippen LogP contribution is -2.18. The number of halogens is 1. The van der Waals surface area contributed by atoms with Gasteiger partial charge in [-0.05, 0) is 30.0 Å². The maximum atomic E-state index is 13.8. The van der Waals surface area contributed by atoms with Crippen LogP contribution in [0.3, 0.4) is 0 Å². The van der Waals surface area contributed by atoms with Crippen molar-refractivity contribution in [2.24, 2.45) is 5.92 Å². The van der Waals surface area contributed by atoms with Crippen LogP contribution in [0.25, 0.3) is 0 Å². The van der Waals surface area contributed by atoms with Gasteiger partial charge in [0, 0.05) is 12.3 Å². The molecule has 0 aliphatic carbocycles. The summed E-state index contributed by atoms with van der Waals surface area (Å²) in [4.78, 5) is 11.8. The SMILES string of the molecule is CCC(=O)C(c1ccc(C)cc1F)C(C)C. The molecule has 0 radical (unpaired) electrons. The third-order valence-electron chi connectivity index (χ3n) is 2.85. The van der Waals surface area contributed by atoms with Crippen LogP contribution in [0.1, 0.15) is 44.2 Å². The Morgan fingerprint density at radius 2 is 2.00 bits per heavy atom. The Labute approximate surface area is 96.7 Å². The van der Waals surface area contributed by atoms with Gasteiger partial charge in [0.1, 0.15) is 11.6 Å². The van der Waals surface area contributed by atoms with Gasteiger partial charge in [0.25, 0.3) is 0 Å². The number of hydrogen-bond acceptors (Lipinski definition) is 1.